The SMILES string of the molecule is Fc1ncccc1OCC1CCOC1. The van der Waals surface area contributed by atoms with Gasteiger partial charge >= 0.3 is 0 Å². The molecule has 0 amide bonds. The number of pyridine rings is 1. The summed E-state index contributed by atoms with van der Waals surface area (Å²) in [5.74, 6) is 0.0559. The molecule has 1 atom stereocenters. The zero-order valence-corrected chi connectivity index (χ0v) is 7.78. The normalized spacial score (nSPS) is 21.1. The summed E-state index contributed by atoms with van der Waals surface area (Å²) >= 11 is 0. The van der Waals surface area contributed by atoms with Crippen molar-refractivity contribution in [1.82, 2.24) is 4.98 Å². The monoisotopic (exact) mass is 197 g/mol. The Kier molecular flexibility index (Phi) is 2.93. The van der Waals surface area contributed by atoms with Gasteiger partial charge in [0.2, 0.25) is 0 Å². The summed E-state index contributed by atoms with van der Waals surface area (Å²) in [5, 5.41) is 0. The van der Waals surface area contributed by atoms with Crippen molar-refractivity contribution in [3.63, 3.8) is 0 Å². The van der Waals surface area contributed by atoms with Crippen LogP contribution in [0.5, 0.6) is 5.75 Å². The number of rotatable bonds is 3. The molecule has 4 heteroatoms. The van der Waals surface area contributed by atoms with Crippen molar-refractivity contribution in [1.29, 1.82) is 0 Å². The summed E-state index contributed by atoms with van der Waals surface area (Å²) in [6.45, 7) is 1.99. The van der Waals surface area contributed by atoms with E-state index in [1.165, 1.54) is 6.20 Å². The van der Waals surface area contributed by atoms with Gasteiger partial charge in [-0.2, -0.15) is 4.39 Å². The molecule has 1 aliphatic rings. The van der Waals surface area contributed by atoms with Gasteiger partial charge in [0.25, 0.3) is 5.95 Å². The van der Waals surface area contributed by atoms with Crippen molar-refractivity contribution in [2.75, 3.05) is 19.8 Å². The minimum absolute atomic E-state index is 0.222. The second kappa shape index (κ2) is 4.37. The van der Waals surface area contributed by atoms with Crippen LogP contribution >= 0.6 is 0 Å². The number of ether oxygens (including phenoxy) is 2. The van der Waals surface area contributed by atoms with Gasteiger partial charge in [-0.05, 0) is 18.6 Å². The fourth-order valence-corrected chi connectivity index (χ4v) is 1.40. The van der Waals surface area contributed by atoms with E-state index in [9.17, 15) is 4.39 Å². The fraction of sp³-hybridized carbons (Fsp3) is 0.500. The third-order valence-electron chi connectivity index (χ3n) is 2.22. The molecule has 0 N–H and O–H groups in total. The number of hydrogen-bond acceptors (Lipinski definition) is 3. The molecule has 0 aliphatic carbocycles. The molecule has 2 rings (SSSR count). The molecule has 0 radical (unpaired) electrons. The van der Waals surface area contributed by atoms with E-state index in [0.717, 1.165) is 13.0 Å². The van der Waals surface area contributed by atoms with Crippen molar-refractivity contribution in [2.45, 2.75) is 6.42 Å². The van der Waals surface area contributed by atoms with E-state index in [-0.39, 0.29) is 5.75 Å². The topological polar surface area (TPSA) is 31.4 Å². The predicted octanol–water partition coefficient (Wildman–Crippen LogP) is 1.64. The highest BCUT2D eigenvalue weighted by molar-refractivity contribution is 5.17. The van der Waals surface area contributed by atoms with Crippen LogP contribution in [0.2, 0.25) is 0 Å². The molecule has 14 heavy (non-hydrogen) atoms. The van der Waals surface area contributed by atoms with E-state index in [1.807, 2.05) is 0 Å². The smallest absolute Gasteiger partial charge is 0.255 e. The van der Waals surface area contributed by atoms with Gasteiger partial charge in [0.05, 0.1) is 13.2 Å². The van der Waals surface area contributed by atoms with E-state index in [4.69, 9.17) is 9.47 Å². The predicted molar refractivity (Wildman–Crippen MR) is 48.6 cm³/mol. The lowest BCUT2D eigenvalue weighted by Crippen LogP contribution is -2.12. The molecule has 1 aliphatic heterocycles. The van der Waals surface area contributed by atoms with Crippen molar-refractivity contribution in [3.05, 3.63) is 24.3 Å². The van der Waals surface area contributed by atoms with Crippen LogP contribution in [-0.4, -0.2) is 24.8 Å². The Morgan fingerprint density at radius 2 is 2.57 bits per heavy atom. The van der Waals surface area contributed by atoms with Gasteiger partial charge in [0.1, 0.15) is 0 Å². The van der Waals surface area contributed by atoms with Gasteiger partial charge in [-0.15, -0.1) is 0 Å². The Labute approximate surface area is 81.9 Å². The number of hydrogen-bond donors (Lipinski definition) is 0. The first-order valence-corrected chi connectivity index (χ1v) is 4.67. The molecule has 2 heterocycles. The molecule has 76 valence electrons. The van der Waals surface area contributed by atoms with Crippen molar-refractivity contribution in [3.8, 4) is 5.75 Å². The summed E-state index contributed by atoms with van der Waals surface area (Å²) in [6.07, 6.45) is 2.39. The highest BCUT2D eigenvalue weighted by Gasteiger charge is 2.16. The molecule has 1 aromatic rings. The van der Waals surface area contributed by atoms with Gasteiger partial charge in [-0.3, -0.25) is 0 Å². The van der Waals surface area contributed by atoms with E-state index in [1.54, 1.807) is 12.1 Å². The molecule has 0 saturated carbocycles. The Hall–Kier alpha value is -1.16. The van der Waals surface area contributed by atoms with Crippen molar-refractivity contribution >= 4 is 0 Å². The van der Waals surface area contributed by atoms with Crippen LogP contribution in [0.15, 0.2) is 18.3 Å². The summed E-state index contributed by atoms with van der Waals surface area (Å²) in [5.41, 5.74) is 0. The van der Waals surface area contributed by atoms with Crippen LogP contribution in [0.4, 0.5) is 4.39 Å². The van der Waals surface area contributed by atoms with Crippen LogP contribution in [0.3, 0.4) is 0 Å². The first-order chi connectivity index (χ1) is 6.86. The molecule has 1 unspecified atom stereocenters. The maximum absolute atomic E-state index is 13.0. The molecule has 1 saturated heterocycles. The molecular formula is C10H12FNO2. The summed E-state index contributed by atoms with van der Waals surface area (Å²) in [6, 6.07) is 3.24. The highest BCUT2D eigenvalue weighted by Crippen LogP contribution is 2.17. The Balaban J connectivity index is 1.88. The van der Waals surface area contributed by atoms with E-state index >= 15 is 0 Å². The zero-order valence-electron chi connectivity index (χ0n) is 7.78. The molecule has 3 nitrogen and oxygen atoms in total. The van der Waals surface area contributed by atoms with Crippen LogP contribution in [0, 0.1) is 11.9 Å². The van der Waals surface area contributed by atoms with Gasteiger partial charge < -0.3 is 9.47 Å². The minimum atomic E-state index is -0.550. The number of nitrogens with zero attached hydrogens (tertiary/aromatic N) is 1. The summed E-state index contributed by atoms with van der Waals surface area (Å²) < 4.78 is 23.5. The Bertz CT molecular complexity index is 300. The number of halogens is 1. The van der Waals surface area contributed by atoms with Gasteiger partial charge in [0, 0.05) is 18.7 Å². The van der Waals surface area contributed by atoms with E-state index < -0.39 is 5.95 Å². The van der Waals surface area contributed by atoms with Crippen LogP contribution in [0.25, 0.3) is 0 Å². The maximum Gasteiger partial charge on any atom is 0.255 e. The van der Waals surface area contributed by atoms with Crippen LogP contribution in [-0.2, 0) is 4.74 Å². The first-order valence-electron chi connectivity index (χ1n) is 4.67. The standard InChI is InChI=1S/C10H12FNO2/c11-10-9(2-1-4-12-10)14-7-8-3-5-13-6-8/h1-2,4,8H,3,5-7H2. The molecule has 1 fully saturated rings. The quantitative estimate of drug-likeness (QED) is 0.690. The largest absolute Gasteiger partial charge is 0.488 e. The third-order valence-corrected chi connectivity index (χ3v) is 2.22. The molecule has 1 aromatic heterocycles. The van der Waals surface area contributed by atoms with Gasteiger partial charge in [-0.25, -0.2) is 4.98 Å². The van der Waals surface area contributed by atoms with Gasteiger partial charge in [0.15, 0.2) is 5.75 Å². The fourth-order valence-electron chi connectivity index (χ4n) is 1.40. The second-order valence-corrected chi connectivity index (χ2v) is 3.33. The lowest BCUT2D eigenvalue weighted by molar-refractivity contribution is 0.165. The van der Waals surface area contributed by atoms with Crippen LogP contribution < -0.4 is 4.74 Å². The van der Waals surface area contributed by atoms with Gasteiger partial charge in [-0.1, -0.05) is 0 Å². The average Bonchev–Trinajstić information content (AvgIpc) is 2.69. The highest BCUT2D eigenvalue weighted by atomic mass is 19.1. The lowest BCUT2D eigenvalue weighted by Gasteiger charge is -2.09. The summed E-state index contributed by atoms with van der Waals surface area (Å²) in [7, 11) is 0. The van der Waals surface area contributed by atoms with E-state index in [2.05, 4.69) is 4.98 Å². The molecule has 0 aromatic carbocycles. The minimum Gasteiger partial charge on any atom is -0.488 e. The maximum atomic E-state index is 13.0. The average molecular weight is 197 g/mol. The second-order valence-electron chi connectivity index (χ2n) is 3.33. The van der Waals surface area contributed by atoms with E-state index in [0.29, 0.717) is 19.1 Å². The molecular weight excluding hydrogens is 185 g/mol. The first kappa shape index (κ1) is 9.40. The Morgan fingerprint density at radius 3 is 3.29 bits per heavy atom. The molecule has 0 bridgehead atoms. The third kappa shape index (κ3) is 2.20. The number of aromatic nitrogens is 1. The lowest BCUT2D eigenvalue weighted by atomic mass is 10.1. The van der Waals surface area contributed by atoms with Crippen molar-refractivity contribution < 1.29 is 13.9 Å². The van der Waals surface area contributed by atoms with Crippen molar-refractivity contribution in [2.24, 2.45) is 5.92 Å². The zero-order chi connectivity index (χ0) is 9.80. The van der Waals surface area contributed by atoms with Crippen LogP contribution in [0.1, 0.15) is 6.42 Å². The molecule has 0 spiro atoms. The summed E-state index contributed by atoms with van der Waals surface area (Å²) in [4.78, 5) is 3.50. The Morgan fingerprint density at radius 1 is 1.64 bits per heavy atom.